The lowest BCUT2D eigenvalue weighted by atomic mass is 10.2. The Labute approximate surface area is 87.2 Å². The molecule has 3 nitrogen and oxygen atoms in total. The Morgan fingerprint density at radius 3 is 2.14 bits per heavy atom. The molecule has 2 rings (SSSR count). The molecule has 1 saturated heterocycles. The van der Waals surface area contributed by atoms with Crippen LogP contribution < -0.4 is 5.73 Å². The van der Waals surface area contributed by atoms with Crippen LogP contribution in [-0.4, -0.2) is 54.1 Å². The van der Waals surface area contributed by atoms with E-state index in [1.54, 1.807) is 0 Å². The van der Waals surface area contributed by atoms with E-state index in [0.29, 0.717) is 6.04 Å². The van der Waals surface area contributed by atoms with Crippen molar-refractivity contribution in [2.45, 2.75) is 38.3 Å². The zero-order valence-corrected chi connectivity index (χ0v) is 9.50. The van der Waals surface area contributed by atoms with Crippen molar-refractivity contribution in [1.82, 2.24) is 9.80 Å². The molecule has 0 amide bonds. The van der Waals surface area contributed by atoms with Gasteiger partial charge in [0.25, 0.3) is 0 Å². The first-order valence-corrected chi connectivity index (χ1v) is 5.84. The predicted octanol–water partition coefficient (Wildman–Crippen LogP) is 0.504. The molecule has 2 aliphatic rings. The Morgan fingerprint density at radius 1 is 1.14 bits per heavy atom. The van der Waals surface area contributed by atoms with Crippen molar-refractivity contribution in [3.8, 4) is 0 Å². The third-order valence-electron chi connectivity index (χ3n) is 3.57. The summed E-state index contributed by atoms with van der Waals surface area (Å²) in [6.45, 7) is 10.5. The fourth-order valence-corrected chi connectivity index (χ4v) is 2.20. The van der Waals surface area contributed by atoms with E-state index in [2.05, 4.69) is 23.6 Å². The smallest absolute Gasteiger partial charge is 0.0284 e. The summed E-state index contributed by atoms with van der Waals surface area (Å²) >= 11 is 0. The summed E-state index contributed by atoms with van der Waals surface area (Å²) in [6.07, 6.45) is 2.47. The maximum absolute atomic E-state index is 6.12. The fraction of sp³-hybridized carbons (Fsp3) is 1.00. The second-order valence-corrected chi connectivity index (χ2v) is 5.27. The standard InChI is InChI=1S/C11H23N3/c1-10(2)14-7-5-13(6-8-14)9-11(12)3-4-11/h10H,3-9,12H2,1-2H3. The molecule has 0 radical (unpaired) electrons. The van der Waals surface area contributed by atoms with Crippen molar-refractivity contribution >= 4 is 0 Å². The van der Waals surface area contributed by atoms with Crippen LogP contribution in [0, 0.1) is 0 Å². The van der Waals surface area contributed by atoms with Crippen LogP contribution in [0.1, 0.15) is 26.7 Å². The van der Waals surface area contributed by atoms with Gasteiger partial charge in [0.05, 0.1) is 0 Å². The summed E-state index contributed by atoms with van der Waals surface area (Å²) in [4.78, 5) is 5.08. The van der Waals surface area contributed by atoms with Crippen LogP contribution in [-0.2, 0) is 0 Å². The van der Waals surface area contributed by atoms with Crippen molar-refractivity contribution in [3.63, 3.8) is 0 Å². The minimum atomic E-state index is 0.194. The van der Waals surface area contributed by atoms with E-state index in [1.807, 2.05) is 0 Å². The van der Waals surface area contributed by atoms with Crippen LogP contribution in [0.3, 0.4) is 0 Å². The third-order valence-corrected chi connectivity index (χ3v) is 3.57. The first-order valence-electron chi connectivity index (χ1n) is 5.84. The average molecular weight is 197 g/mol. The lowest BCUT2D eigenvalue weighted by Gasteiger charge is -2.37. The maximum Gasteiger partial charge on any atom is 0.0284 e. The second kappa shape index (κ2) is 3.80. The molecule has 1 aliphatic heterocycles. The van der Waals surface area contributed by atoms with Gasteiger partial charge in [-0.05, 0) is 26.7 Å². The van der Waals surface area contributed by atoms with Crippen LogP contribution in [0.4, 0.5) is 0 Å². The van der Waals surface area contributed by atoms with Crippen molar-refractivity contribution in [2.24, 2.45) is 5.73 Å². The van der Waals surface area contributed by atoms with E-state index in [1.165, 1.54) is 39.0 Å². The van der Waals surface area contributed by atoms with Crippen LogP contribution in [0.15, 0.2) is 0 Å². The molecule has 14 heavy (non-hydrogen) atoms. The van der Waals surface area contributed by atoms with E-state index in [4.69, 9.17) is 5.73 Å². The highest BCUT2D eigenvalue weighted by Crippen LogP contribution is 2.33. The highest BCUT2D eigenvalue weighted by Gasteiger charge is 2.40. The van der Waals surface area contributed by atoms with Gasteiger partial charge in [0.15, 0.2) is 0 Å². The van der Waals surface area contributed by atoms with Gasteiger partial charge in [-0.25, -0.2) is 0 Å². The average Bonchev–Trinajstić information content (AvgIpc) is 2.84. The normalized spacial score (nSPS) is 28.3. The number of hydrogen-bond acceptors (Lipinski definition) is 3. The van der Waals surface area contributed by atoms with E-state index in [-0.39, 0.29) is 5.54 Å². The van der Waals surface area contributed by atoms with Gasteiger partial charge in [0.1, 0.15) is 0 Å². The summed E-state index contributed by atoms with van der Waals surface area (Å²) in [5, 5.41) is 0. The Balaban J connectivity index is 1.73. The van der Waals surface area contributed by atoms with Crippen LogP contribution >= 0.6 is 0 Å². The largest absolute Gasteiger partial charge is 0.324 e. The molecular weight excluding hydrogens is 174 g/mol. The number of hydrogen-bond donors (Lipinski definition) is 1. The molecule has 0 spiro atoms. The molecule has 0 aromatic carbocycles. The van der Waals surface area contributed by atoms with E-state index >= 15 is 0 Å². The van der Waals surface area contributed by atoms with Crippen molar-refractivity contribution in [2.75, 3.05) is 32.7 Å². The van der Waals surface area contributed by atoms with Gasteiger partial charge in [0, 0.05) is 44.3 Å². The summed E-state index contributed by atoms with van der Waals surface area (Å²) < 4.78 is 0. The van der Waals surface area contributed by atoms with Crippen LogP contribution in [0.25, 0.3) is 0 Å². The molecule has 2 fully saturated rings. The Morgan fingerprint density at radius 2 is 1.71 bits per heavy atom. The SMILES string of the molecule is CC(C)N1CCN(CC2(N)CC2)CC1. The minimum absolute atomic E-state index is 0.194. The van der Waals surface area contributed by atoms with Crippen LogP contribution in [0.5, 0.6) is 0 Å². The Bertz CT molecular complexity index is 191. The Kier molecular flexibility index (Phi) is 2.82. The maximum atomic E-state index is 6.12. The summed E-state index contributed by atoms with van der Waals surface area (Å²) in [5.74, 6) is 0. The minimum Gasteiger partial charge on any atom is -0.324 e. The Hall–Kier alpha value is -0.120. The summed E-state index contributed by atoms with van der Waals surface area (Å²) in [5.41, 5.74) is 6.31. The molecule has 0 unspecified atom stereocenters. The van der Waals surface area contributed by atoms with Crippen molar-refractivity contribution < 1.29 is 0 Å². The highest BCUT2D eigenvalue weighted by molar-refractivity contribution is 5.01. The molecular formula is C11H23N3. The first-order chi connectivity index (χ1) is 6.59. The summed E-state index contributed by atoms with van der Waals surface area (Å²) in [7, 11) is 0. The van der Waals surface area contributed by atoms with E-state index in [9.17, 15) is 0 Å². The zero-order chi connectivity index (χ0) is 10.2. The van der Waals surface area contributed by atoms with E-state index in [0.717, 1.165) is 6.54 Å². The monoisotopic (exact) mass is 197 g/mol. The van der Waals surface area contributed by atoms with Crippen LogP contribution in [0.2, 0.25) is 0 Å². The second-order valence-electron chi connectivity index (χ2n) is 5.27. The van der Waals surface area contributed by atoms with Gasteiger partial charge in [-0.15, -0.1) is 0 Å². The van der Waals surface area contributed by atoms with Gasteiger partial charge in [0.2, 0.25) is 0 Å². The number of nitrogens with two attached hydrogens (primary N) is 1. The summed E-state index contributed by atoms with van der Waals surface area (Å²) in [6, 6.07) is 0.699. The van der Waals surface area contributed by atoms with E-state index < -0.39 is 0 Å². The molecule has 0 aromatic rings. The third kappa shape index (κ3) is 2.47. The molecule has 1 heterocycles. The zero-order valence-electron chi connectivity index (χ0n) is 9.50. The molecule has 0 atom stereocenters. The fourth-order valence-electron chi connectivity index (χ4n) is 2.20. The highest BCUT2D eigenvalue weighted by atomic mass is 15.3. The lowest BCUT2D eigenvalue weighted by Crippen LogP contribution is -2.52. The van der Waals surface area contributed by atoms with Gasteiger partial charge in [-0.1, -0.05) is 0 Å². The quantitative estimate of drug-likeness (QED) is 0.715. The van der Waals surface area contributed by atoms with Gasteiger partial charge in [-0.3, -0.25) is 9.80 Å². The number of nitrogens with zero attached hydrogens (tertiary/aromatic N) is 2. The molecule has 0 aromatic heterocycles. The topological polar surface area (TPSA) is 32.5 Å². The molecule has 3 heteroatoms. The van der Waals surface area contributed by atoms with Gasteiger partial charge in [-0.2, -0.15) is 0 Å². The molecule has 2 N–H and O–H groups in total. The predicted molar refractivity (Wildman–Crippen MR) is 59.3 cm³/mol. The molecule has 1 aliphatic carbocycles. The number of piperazine rings is 1. The van der Waals surface area contributed by atoms with Gasteiger partial charge >= 0.3 is 0 Å². The van der Waals surface area contributed by atoms with Crippen molar-refractivity contribution in [3.05, 3.63) is 0 Å². The first kappa shape index (κ1) is 10.4. The lowest BCUT2D eigenvalue weighted by molar-refractivity contribution is 0.102. The van der Waals surface area contributed by atoms with Crippen molar-refractivity contribution in [1.29, 1.82) is 0 Å². The molecule has 0 bridgehead atoms. The molecule has 1 saturated carbocycles. The van der Waals surface area contributed by atoms with Gasteiger partial charge < -0.3 is 5.73 Å². The number of rotatable bonds is 3. The molecule has 82 valence electrons.